The van der Waals surface area contributed by atoms with E-state index in [-0.39, 0.29) is 5.84 Å². The Morgan fingerprint density at radius 2 is 2.07 bits per heavy atom. The second-order valence-electron chi connectivity index (χ2n) is 3.98. The van der Waals surface area contributed by atoms with Crippen LogP contribution in [0.25, 0.3) is 0 Å². The zero-order valence-corrected chi connectivity index (χ0v) is 10.1. The molecule has 1 aromatic carbocycles. The van der Waals surface area contributed by atoms with Crippen molar-refractivity contribution in [3.05, 3.63) is 35.4 Å². The standard InChI is InChI=1S/C12H18N2S/c1-9(2)7-15-8-10-5-3-4-6-11(10)12(13)14/h3-6,9H,7-8H2,1-2H3,(H3,13,14). The Hall–Kier alpha value is -0.960. The van der Waals surface area contributed by atoms with Gasteiger partial charge < -0.3 is 5.73 Å². The Morgan fingerprint density at radius 3 is 2.67 bits per heavy atom. The third-order valence-electron chi connectivity index (χ3n) is 2.02. The quantitative estimate of drug-likeness (QED) is 0.594. The van der Waals surface area contributed by atoms with Gasteiger partial charge in [-0.25, -0.2) is 0 Å². The maximum atomic E-state index is 7.46. The van der Waals surface area contributed by atoms with Crippen molar-refractivity contribution < 1.29 is 0 Å². The molecule has 0 radical (unpaired) electrons. The van der Waals surface area contributed by atoms with Crippen LogP contribution < -0.4 is 5.73 Å². The molecule has 1 aromatic rings. The van der Waals surface area contributed by atoms with Crippen LogP contribution in [0.5, 0.6) is 0 Å². The maximum Gasteiger partial charge on any atom is 0.123 e. The first-order valence-electron chi connectivity index (χ1n) is 5.11. The fraction of sp³-hybridized carbons (Fsp3) is 0.417. The maximum absolute atomic E-state index is 7.46. The van der Waals surface area contributed by atoms with Crippen molar-refractivity contribution in [3.8, 4) is 0 Å². The highest BCUT2D eigenvalue weighted by Gasteiger charge is 2.04. The zero-order valence-electron chi connectivity index (χ0n) is 9.29. The molecule has 0 saturated heterocycles. The average Bonchev–Trinajstić information content (AvgIpc) is 2.17. The summed E-state index contributed by atoms with van der Waals surface area (Å²) in [7, 11) is 0. The molecule has 0 aliphatic heterocycles. The van der Waals surface area contributed by atoms with Gasteiger partial charge in [0, 0.05) is 11.3 Å². The van der Waals surface area contributed by atoms with Gasteiger partial charge in [0.05, 0.1) is 0 Å². The summed E-state index contributed by atoms with van der Waals surface area (Å²) in [6.07, 6.45) is 0. The van der Waals surface area contributed by atoms with E-state index in [0.29, 0.717) is 5.92 Å². The van der Waals surface area contributed by atoms with Crippen LogP contribution in [0, 0.1) is 11.3 Å². The van der Waals surface area contributed by atoms with Gasteiger partial charge in [-0.3, -0.25) is 5.41 Å². The van der Waals surface area contributed by atoms with E-state index >= 15 is 0 Å². The first-order chi connectivity index (χ1) is 7.11. The number of nitrogen functional groups attached to an aromatic ring is 1. The number of rotatable bonds is 5. The third kappa shape index (κ3) is 3.96. The van der Waals surface area contributed by atoms with Crippen molar-refractivity contribution >= 4 is 17.6 Å². The van der Waals surface area contributed by atoms with Gasteiger partial charge >= 0.3 is 0 Å². The SMILES string of the molecule is CC(C)CSCc1ccccc1C(=N)N. The van der Waals surface area contributed by atoms with Crippen LogP contribution in [0.4, 0.5) is 0 Å². The largest absolute Gasteiger partial charge is 0.384 e. The molecule has 0 aromatic heterocycles. The van der Waals surface area contributed by atoms with Gasteiger partial charge in [0.2, 0.25) is 0 Å². The fourth-order valence-corrected chi connectivity index (χ4v) is 2.37. The third-order valence-corrected chi connectivity index (χ3v) is 3.43. The van der Waals surface area contributed by atoms with Crippen molar-refractivity contribution in [2.45, 2.75) is 19.6 Å². The van der Waals surface area contributed by atoms with Crippen molar-refractivity contribution in [1.29, 1.82) is 5.41 Å². The molecule has 1 rings (SSSR count). The summed E-state index contributed by atoms with van der Waals surface area (Å²) in [5, 5.41) is 7.46. The lowest BCUT2D eigenvalue weighted by Gasteiger charge is -2.08. The zero-order chi connectivity index (χ0) is 11.3. The minimum atomic E-state index is 0.163. The lowest BCUT2D eigenvalue weighted by atomic mass is 10.1. The predicted octanol–water partition coefficient (Wildman–Crippen LogP) is 2.86. The van der Waals surface area contributed by atoms with E-state index in [1.165, 1.54) is 0 Å². The molecular formula is C12H18N2S. The molecule has 0 unspecified atom stereocenters. The molecule has 0 amide bonds. The molecule has 0 aliphatic rings. The molecule has 82 valence electrons. The van der Waals surface area contributed by atoms with E-state index in [2.05, 4.69) is 13.8 Å². The van der Waals surface area contributed by atoms with Crippen LogP contribution in [-0.4, -0.2) is 11.6 Å². The number of nitrogens with one attached hydrogen (secondary N) is 1. The molecule has 0 spiro atoms. The number of hydrogen-bond donors (Lipinski definition) is 2. The Bertz CT molecular complexity index is 334. The molecule has 0 heterocycles. The Kier molecular flexibility index (Phi) is 4.69. The summed E-state index contributed by atoms with van der Waals surface area (Å²) in [6.45, 7) is 4.42. The van der Waals surface area contributed by atoms with Crippen LogP contribution in [0.3, 0.4) is 0 Å². The minimum Gasteiger partial charge on any atom is -0.384 e. The monoisotopic (exact) mass is 222 g/mol. The topological polar surface area (TPSA) is 49.9 Å². The normalized spacial score (nSPS) is 10.6. The predicted molar refractivity (Wildman–Crippen MR) is 68.5 cm³/mol. The summed E-state index contributed by atoms with van der Waals surface area (Å²) in [5.41, 5.74) is 7.55. The van der Waals surface area contributed by atoms with Crippen LogP contribution in [0.15, 0.2) is 24.3 Å². The van der Waals surface area contributed by atoms with Gasteiger partial charge in [-0.15, -0.1) is 0 Å². The first-order valence-corrected chi connectivity index (χ1v) is 6.26. The van der Waals surface area contributed by atoms with Crippen molar-refractivity contribution in [2.75, 3.05) is 5.75 Å². The molecule has 0 saturated carbocycles. The number of amidine groups is 1. The minimum absolute atomic E-state index is 0.163. The van der Waals surface area contributed by atoms with Gasteiger partial charge in [-0.05, 0) is 17.2 Å². The number of nitrogens with two attached hydrogens (primary N) is 1. The summed E-state index contributed by atoms with van der Waals surface area (Å²) < 4.78 is 0. The molecule has 2 nitrogen and oxygen atoms in total. The lowest BCUT2D eigenvalue weighted by Crippen LogP contribution is -2.13. The average molecular weight is 222 g/mol. The summed E-state index contributed by atoms with van der Waals surface area (Å²) in [5.74, 6) is 2.95. The van der Waals surface area contributed by atoms with Gasteiger partial charge in [-0.1, -0.05) is 38.1 Å². The van der Waals surface area contributed by atoms with E-state index in [4.69, 9.17) is 11.1 Å². The molecular weight excluding hydrogens is 204 g/mol. The molecule has 0 atom stereocenters. The lowest BCUT2D eigenvalue weighted by molar-refractivity contribution is 0.750. The summed E-state index contributed by atoms with van der Waals surface area (Å²) in [4.78, 5) is 0. The van der Waals surface area contributed by atoms with E-state index in [1.54, 1.807) is 0 Å². The molecule has 0 aliphatic carbocycles. The highest BCUT2D eigenvalue weighted by molar-refractivity contribution is 7.98. The van der Waals surface area contributed by atoms with Gasteiger partial charge in [0.15, 0.2) is 0 Å². The van der Waals surface area contributed by atoms with Crippen molar-refractivity contribution in [2.24, 2.45) is 11.7 Å². The molecule has 3 heteroatoms. The number of benzene rings is 1. The first kappa shape index (κ1) is 12.1. The fourth-order valence-electron chi connectivity index (χ4n) is 1.31. The van der Waals surface area contributed by atoms with E-state index in [0.717, 1.165) is 22.6 Å². The highest BCUT2D eigenvalue weighted by atomic mass is 32.2. The van der Waals surface area contributed by atoms with Crippen molar-refractivity contribution in [3.63, 3.8) is 0 Å². The van der Waals surface area contributed by atoms with Gasteiger partial charge in [0.1, 0.15) is 5.84 Å². The van der Waals surface area contributed by atoms with Gasteiger partial charge in [-0.2, -0.15) is 11.8 Å². The Balaban J connectivity index is 2.63. The Morgan fingerprint density at radius 1 is 1.40 bits per heavy atom. The van der Waals surface area contributed by atoms with Crippen molar-refractivity contribution in [1.82, 2.24) is 0 Å². The number of thioether (sulfide) groups is 1. The smallest absolute Gasteiger partial charge is 0.123 e. The molecule has 0 fully saturated rings. The van der Waals surface area contributed by atoms with E-state index in [1.807, 2.05) is 36.0 Å². The van der Waals surface area contributed by atoms with Crippen LogP contribution in [0.1, 0.15) is 25.0 Å². The molecule has 0 bridgehead atoms. The second kappa shape index (κ2) is 5.81. The van der Waals surface area contributed by atoms with E-state index in [9.17, 15) is 0 Å². The summed E-state index contributed by atoms with van der Waals surface area (Å²) >= 11 is 1.89. The second-order valence-corrected chi connectivity index (χ2v) is 5.01. The van der Waals surface area contributed by atoms with Gasteiger partial charge in [0.25, 0.3) is 0 Å². The Labute approximate surface area is 95.8 Å². The summed E-state index contributed by atoms with van der Waals surface area (Å²) in [6, 6.07) is 7.88. The van der Waals surface area contributed by atoms with Crippen LogP contribution in [-0.2, 0) is 5.75 Å². The molecule has 15 heavy (non-hydrogen) atoms. The highest BCUT2D eigenvalue weighted by Crippen LogP contribution is 2.18. The van der Waals surface area contributed by atoms with Crippen LogP contribution in [0.2, 0.25) is 0 Å². The number of hydrogen-bond acceptors (Lipinski definition) is 2. The molecule has 3 N–H and O–H groups in total. The van der Waals surface area contributed by atoms with E-state index < -0.39 is 0 Å². The van der Waals surface area contributed by atoms with Crippen LogP contribution >= 0.6 is 11.8 Å².